The quantitative estimate of drug-likeness (QED) is 0.351. The van der Waals surface area contributed by atoms with Crippen LogP contribution < -0.4 is 0 Å². The molecule has 0 N–H and O–H groups in total. The van der Waals surface area contributed by atoms with Crippen LogP contribution in [0.3, 0.4) is 0 Å². The van der Waals surface area contributed by atoms with Crippen LogP contribution in [0.4, 0.5) is 0 Å². The molecule has 0 bridgehead atoms. The molecule has 1 aliphatic carbocycles. The zero-order valence-corrected chi connectivity index (χ0v) is 17.0. The third kappa shape index (κ3) is 3.07. The molecule has 1 nitrogen and oxygen atoms in total. The van der Waals surface area contributed by atoms with Crippen LogP contribution in [0.1, 0.15) is 28.8 Å². The van der Waals surface area contributed by atoms with Gasteiger partial charge in [-0.1, -0.05) is 60.7 Å². The summed E-state index contributed by atoms with van der Waals surface area (Å²) < 4.78 is 0. The molecule has 0 saturated carbocycles. The number of halogens is 1. The molecule has 0 fully saturated rings. The summed E-state index contributed by atoms with van der Waals surface area (Å²) in [5.74, 6) is 0. The second-order valence-corrected chi connectivity index (χ2v) is 8.17. The number of hydrogen-bond acceptors (Lipinski definition) is 2. The Hall–Kier alpha value is -2.16. The van der Waals surface area contributed by atoms with Crippen molar-refractivity contribution < 1.29 is 0 Å². The van der Waals surface area contributed by atoms with E-state index in [9.17, 15) is 0 Å². The minimum absolute atomic E-state index is 0. The lowest BCUT2D eigenvalue weighted by Gasteiger charge is -2.16. The highest BCUT2D eigenvalue weighted by Gasteiger charge is 2.23. The van der Waals surface area contributed by atoms with E-state index >= 15 is 0 Å². The summed E-state index contributed by atoms with van der Waals surface area (Å²) in [7, 11) is 0. The molecule has 3 heteroatoms. The Morgan fingerprint density at radius 2 is 1.44 bits per heavy atom. The number of pyridine rings is 1. The molecule has 0 spiro atoms. The summed E-state index contributed by atoms with van der Waals surface area (Å²) in [6.07, 6.45) is 5.02. The second-order valence-electron chi connectivity index (χ2n) is 7.08. The van der Waals surface area contributed by atoms with Gasteiger partial charge in [0.05, 0.1) is 5.69 Å². The molecular weight excluding hydrogens is 370 g/mol. The molecule has 4 aromatic rings. The Kier molecular flexibility index (Phi) is 5.03. The van der Waals surface area contributed by atoms with Gasteiger partial charge >= 0.3 is 0 Å². The molecule has 5 rings (SSSR count). The SMILES string of the molecule is Cc1c(-c2ccccc2)nc2sc3c(c2c1-c1ccccc1)CCCC3.Cl. The van der Waals surface area contributed by atoms with Crippen molar-refractivity contribution in [1.29, 1.82) is 0 Å². The largest absolute Gasteiger partial charge is 0.237 e. The van der Waals surface area contributed by atoms with Crippen LogP contribution in [0.25, 0.3) is 32.6 Å². The minimum atomic E-state index is 0. The van der Waals surface area contributed by atoms with E-state index in [0.717, 1.165) is 5.69 Å². The lowest BCUT2D eigenvalue weighted by atomic mass is 9.89. The van der Waals surface area contributed by atoms with Crippen molar-refractivity contribution in [2.24, 2.45) is 0 Å². The van der Waals surface area contributed by atoms with Gasteiger partial charge in [0.25, 0.3) is 0 Å². The summed E-state index contributed by atoms with van der Waals surface area (Å²) >= 11 is 1.91. The van der Waals surface area contributed by atoms with E-state index in [1.54, 1.807) is 10.4 Å². The van der Waals surface area contributed by atoms with Gasteiger partial charge in [-0.05, 0) is 54.9 Å². The maximum absolute atomic E-state index is 5.15. The number of hydrogen-bond donors (Lipinski definition) is 0. The molecule has 2 aromatic heterocycles. The van der Waals surface area contributed by atoms with E-state index in [0.29, 0.717) is 0 Å². The van der Waals surface area contributed by atoms with Crippen LogP contribution in [0.5, 0.6) is 0 Å². The molecule has 0 radical (unpaired) electrons. The van der Waals surface area contributed by atoms with Gasteiger partial charge in [-0.15, -0.1) is 23.7 Å². The Labute approximate surface area is 170 Å². The minimum Gasteiger partial charge on any atom is -0.237 e. The highest BCUT2D eigenvalue weighted by molar-refractivity contribution is 7.19. The van der Waals surface area contributed by atoms with Gasteiger partial charge in [-0.3, -0.25) is 0 Å². The molecule has 0 amide bonds. The predicted molar refractivity (Wildman–Crippen MR) is 119 cm³/mol. The lowest BCUT2D eigenvalue weighted by molar-refractivity contribution is 0.700. The third-order valence-electron chi connectivity index (χ3n) is 5.46. The van der Waals surface area contributed by atoms with Crippen LogP contribution in [0.15, 0.2) is 60.7 Å². The van der Waals surface area contributed by atoms with E-state index in [4.69, 9.17) is 4.98 Å². The molecule has 0 atom stereocenters. The summed E-state index contributed by atoms with van der Waals surface area (Å²) in [4.78, 5) is 7.92. The summed E-state index contributed by atoms with van der Waals surface area (Å²) in [5.41, 5.74) is 7.87. The van der Waals surface area contributed by atoms with Gasteiger partial charge in [-0.25, -0.2) is 4.98 Å². The first kappa shape index (κ1) is 18.2. The van der Waals surface area contributed by atoms with Crippen molar-refractivity contribution >= 4 is 34.0 Å². The fraction of sp³-hybridized carbons (Fsp3) is 0.208. The van der Waals surface area contributed by atoms with Crippen LogP contribution in [-0.4, -0.2) is 4.98 Å². The monoisotopic (exact) mass is 391 g/mol. The summed E-state index contributed by atoms with van der Waals surface area (Å²) in [6, 6.07) is 21.5. The lowest BCUT2D eigenvalue weighted by Crippen LogP contribution is -2.00. The first-order valence-corrected chi connectivity index (χ1v) is 10.2. The predicted octanol–water partition coefficient (Wildman–Crippen LogP) is 7.24. The van der Waals surface area contributed by atoms with Crippen molar-refractivity contribution in [3.63, 3.8) is 0 Å². The van der Waals surface area contributed by atoms with Crippen molar-refractivity contribution in [2.45, 2.75) is 32.6 Å². The van der Waals surface area contributed by atoms with Crippen LogP contribution in [-0.2, 0) is 12.8 Å². The average Bonchev–Trinajstić information content (AvgIpc) is 3.07. The first-order chi connectivity index (χ1) is 12.8. The normalized spacial score (nSPS) is 13.2. The van der Waals surface area contributed by atoms with Crippen molar-refractivity contribution in [3.8, 4) is 22.4 Å². The number of thiophene rings is 1. The number of aromatic nitrogens is 1. The molecule has 0 aliphatic heterocycles. The number of nitrogens with zero attached hydrogens (tertiary/aromatic N) is 1. The zero-order valence-electron chi connectivity index (χ0n) is 15.4. The van der Waals surface area contributed by atoms with Crippen molar-refractivity contribution in [1.82, 2.24) is 4.98 Å². The summed E-state index contributed by atoms with van der Waals surface area (Å²) in [5, 5.41) is 1.41. The third-order valence-corrected chi connectivity index (χ3v) is 6.64. The van der Waals surface area contributed by atoms with E-state index in [1.165, 1.54) is 58.2 Å². The van der Waals surface area contributed by atoms with Gasteiger partial charge in [0.2, 0.25) is 0 Å². The van der Waals surface area contributed by atoms with Crippen LogP contribution >= 0.6 is 23.7 Å². The Morgan fingerprint density at radius 3 is 2.15 bits per heavy atom. The number of rotatable bonds is 2. The van der Waals surface area contributed by atoms with Gasteiger partial charge in [0.15, 0.2) is 0 Å². The van der Waals surface area contributed by atoms with E-state index in [2.05, 4.69) is 67.6 Å². The van der Waals surface area contributed by atoms with Crippen molar-refractivity contribution in [3.05, 3.63) is 76.7 Å². The smallest absolute Gasteiger partial charge is 0.125 e. The maximum atomic E-state index is 5.15. The Balaban J connectivity index is 0.00000180. The molecule has 2 aromatic carbocycles. The van der Waals surface area contributed by atoms with Crippen LogP contribution in [0.2, 0.25) is 0 Å². The molecule has 0 unspecified atom stereocenters. The van der Waals surface area contributed by atoms with Gasteiger partial charge < -0.3 is 0 Å². The Bertz CT molecular complexity index is 1080. The average molecular weight is 392 g/mol. The fourth-order valence-corrected chi connectivity index (χ4v) is 5.49. The fourth-order valence-electron chi connectivity index (χ4n) is 4.22. The molecule has 0 saturated heterocycles. The molecule has 27 heavy (non-hydrogen) atoms. The van der Waals surface area contributed by atoms with Gasteiger partial charge in [-0.2, -0.15) is 0 Å². The number of aryl methyl sites for hydroxylation is 2. The summed E-state index contributed by atoms with van der Waals surface area (Å²) in [6.45, 7) is 2.24. The standard InChI is InChI=1S/C24H21NS.ClH/c1-16-21(17-10-4-2-5-11-17)22-19-14-8-9-15-20(19)26-24(22)25-23(16)18-12-6-3-7-13-18;/h2-7,10-13H,8-9,14-15H2,1H3;1H. The van der Waals surface area contributed by atoms with E-state index < -0.39 is 0 Å². The first-order valence-electron chi connectivity index (χ1n) is 9.38. The van der Waals surface area contributed by atoms with E-state index in [-0.39, 0.29) is 12.4 Å². The maximum Gasteiger partial charge on any atom is 0.125 e. The molecular formula is C24H22ClNS. The van der Waals surface area contributed by atoms with Gasteiger partial charge in [0.1, 0.15) is 4.83 Å². The highest BCUT2D eigenvalue weighted by atomic mass is 35.5. The molecule has 136 valence electrons. The Morgan fingerprint density at radius 1 is 0.815 bits per heavy atom. The highest BCUT2D eigenvalue weighted by Crippen LogP contribution is 2.44. The van der Waals surface area contributed by atoms with E-state index in [1.807, 2.05) is 11.3 Å². The second kappa shape index (κ2) is 7.46. The zero-order chi connectivity index (χ0) is 17.5. The topological polar surface area (TPSA) is 12.9 Å². The molecule has 2 heterocycles. The number of fused-ring (bicyclic) bond motifs is 3. The van der Waals surface area contributed by atoms with Gasteiger partial charge in [0, 0.05) is 15.8 Å². The van der Waals surface area contributed by atoms with Crippen molar-refractivity contribution in [2.75, 3.05) is 0 Å². The number of benzene rings is 2. The molecule has 1 aliphatic rings. The van der Waals surface area contributed by atoms with Crippen LogP contribution in [0, 0.1) is 6.92 Å².